The van der Waals surface area contributed by atoms with Crippen LogP contribution in [0.1, 0.15) is 81.8 Å². The molecule has 1 heterocycles. The summed E-state index contributed by atoms with van der Waals surface area (Å²) >= 11 is 0. The van der Waals surface area contributed by atoms with Crippen molar-refractivity contribution in [2.45, 2.75) is 89.3 Å². The van der Waals surface area contributed by atoms with Crippen LogP contribution in [0.5, 0.6) is 0 Å². The summed E-state index contributed by atoms with van der Waals surface area (Å²) in [6, 6.07) is 9.38. The van der Waals surface area contributed by atoms with Gasteiger partial charge in [0.05, 0.1) is 12.2 Å². The smallest absolute Gasteiger partial charge is 0.0608 e. The van der Waals surface area contributed by atoms with Gasteiger partial charge in [0.1, 0.15) is 0 Å². The van der Waals surface area contributed by atoms with Crippen molar-refractivity contribution in [3.63, 3.8) is 0 Å². The molecule has 0 N–H and O–H groups in total. The molecule has 24 heavy (non-hydrogen) atoms. The molecular weight excluding hydrogens is 292 g/mol. The third kappa shape index (κ3) is 4.51. The second kappa shape index (κ2) is 8.85. The molecule has 0 amide bonds. The van der Waals surface area contributed by atoms with Crippen molar-refractivity contribution < 1.29 is 4.74 Å². The first-order chi connectivity index (χ1) is 11.8. The van der Waals surface area contributed by atoms with Crippen molar-refractivity contribution in [2.24, 2.45) is 5.92 Å². The Morgan fingerprint density at radius 2 is 1.79 bits per heavy atom. The van der Waals surface area contributed by atoms with Crippen LogP contribution < -0.4 is 0 Å². The van der Waals surface area contributed by atoms with Crippen LogP contribution in [0.4, 0.5) is 0 Å². The third-order valence-corrected chi connectivity index (χ3v) is 6.14. The molecule has 132 valence electrons. The largest absolute Gasteiger partial charge is 0.375 e. The van der Waals surface area contributed by atoms with E-state index in [2.05, 4.69) is 37.8 Å². The highest BCUT2D eigenvalue weighted by Crippen LogP contribution is 2.41. The van der Waals surface area contributed by atoms with Crippen LogP contribution in [0.25, 0.3) is 0 Å². The fourth-order valence-corrected chi connectivity index (χ4v) is 4.66. The molecule has 2 atom stereocenters. The number of rotatable bonds is 7. The summed E-state index contributed by atoms with van der Waals surface area (Å²) < 4.78 is 6.33. The van der Waals surface area contributed by atoms with Crippen molar-refractivity contribution in [1.29, 1.82) is 0 Å². The van der Waals surface area contributed by atoms with Crippen molar-refractivity contribution in [1.82, 2.24) is 0 Å². The Labute approximate surface area is 148 Å². The summed E-state index contributed by atoms with van der Waals surface area (Å²) in [5.41, 5.74) is 2.99. The van der Waals surface area contributed by atoms with Crippen LogP contribution in [-0.2, 0) is 11.2 Å². The molecule has 1 heteroatoms. The van der Waals surface area contributed by atoms with Gasteiger partial charge in [-0.3, -0.25) is 0 Å². The maximum atomic E-state index is 6.33. The molecule has 0 spiro atoms. The molecule has 2 unspecified atom stereocenters. The van der Waals surface area contributed by atoms with E-state index in [9.17, 15) is 0 Å². The van der Waals surface area contributed by atoms with Gasteiger partial charge in [-0.25, -0.2) is 0 Å². The Hall–Kier alpha value is -1.08. The second-order valence-electron chi connectivity index (χ2n) is 7.84. The topological polar surface area (TPSA) is 9.23 Å². The number of hydrogen-bond donors (Lipinski definition) is 0. The lowest BCUT2D eigenvalue weighted by Crippen LogP contribution is -2.25. The summed E-state index contributed by atoms with van der Waals surface area (Å²) in [6.07, 6.45) is 15.8. The van der Waals surface area contributed by atoms with Crippen LogP contribution >= 0.6 is 0 Å². The van der Waals surface area contributed by atoms with Gasteiger partial charge < -0.3 is 4.74 Å². The van der Waals surface area contributed by atoms with E-state index < -0.39 is 0 Å². The zero-order valence-electron chi connectivity index (χ0n) is 15.4. The van der Waals surface area contributed by atoms with Crippen LogP contribution in [-0.4, -0.2) is 12.2 Å². The van der Waals surface area contributed by atoms with E-state index in [1.54, 1.807) is 5.56 Å². The second-order valence-corrected chi connectivity index (χ2v) is 7.84. The molecule has 0 aromatic heterocycles. The van der Waals surface area contributed by atoms with Crippen LogP contribution in [0.2, 0.25) is 0 Å². The quantitative estimate of drug-likeness (QED) is 0.525. The van der Waals surface area contributed by atoms with Crippen molar-refractivity contribution in [2.75, 3.05) is 0 Å². The number of aryl methyl sites for hydroxylation is 1. The molecule has 1 nitrogen and oxygen atoms in total. The fourth-order valence-electron chi connectivity index (χ4n) is 4.66. The standard InChI is InChI=1S/C23H34O/c1-3-5-7-18-8-10-19(11-9-18)20-12-14-21(15-13-20)23-17-16-22(24-23)6-4-2/h3,8-11,20-23H,1,4-7,12-17H2,2H3. The first-order valence-corrected chi connectivity index (χ1v) is 10.1. The molecule has 1 aromatic carbocycles. The Balaban J connectivity index is 1.47. The third-order valence-electron chi connectivity index (χ3n) is 6.14. The lowest BCUT2D eigenvalue weighted by molar-refractivity contribution is -0.00426. The predicted molar refractivity (Wildman–Crippen MR) is 102 cm³/mol. The van der Waals surface area contributed by atoms with E-state index in [1.807, 2.05) is 6.08 Å². The number of ether oxygens (including phenoxy) is 1. The average molecular weight is 327 g/mol. The van der Waals surface area contributed by atoms with Gasteiger partial charge in [0.15, 0.2) is 0 Å². The molecule has 3 rings (SSSR count). The molecular formula is C23H34O. The minimum Gasteiger partial charge on any atom is -0.375 e. The fraction of sp³-hybridized carbons (Fsp3) is 0.652. The number of benzene rings is 1. The highest BCUT2D eigenvalue weighted by molar-refractivity contribution is 5.26. The van der Waals surface area contributed by atoms with Crippen LogP contribution in [0, 0.1) is 5.92 Å². The lowest BCUT2D eigenvalue weighted by Gasteiger charge is -2.32. The summed E-state index contributed by atoms with van der Waals surface area (Å²) in [5, 5.41) is 0. The van der Waals surface area contributed by atoms with Gasteiger partial charge >= 0.3 is 0 Å². The molecule has 1 aliphatic carbocycles. The van der Waals surface area contributed by atoms with Gasteiger partial charge in [-0.1, -0.05) is 43.7 Å². The van der Waals surface area contributed by atoms with Gasteiger partial charge in [-0.15, -0.1) is 6.58 Å². The van der Waals surface area contributed by atoms with E-state index in [1.165, 1.54) is 56.9 Å². The van der Waals surface area contributed by atoms with E-state index >= 15 is 0 Å². The number of hydrogen-bond acceptors (Lipinski definition) is 1. The zero-order chi connectivity index (χ0) is 16.8. The van der Waals surface area contributed by atoms with Crippen LogP contribution in [0.3, 0.4) is 0 Å². The lowest BCUT2D eigenvalue weighted by atomic mass is 9.76. The van der Waals surface area contributed by atoms with Crippen molar-refractivity contribution in [3.05, 3.63) is 48.0 Å². The van der Waals surface area contributed by atoms with Gasteiger partial charge in [0.2, 0.25) is 0 Å². The molecule has 1 saturated heterocycles. The minimum atomic E-state index is 0.556. The SMILES string of the molecule is C=CCCc1ccc(C2CCC(C3CCC(CCC)O3)CC2)cc1. The van der Waals surface area contributed by atoms with E-state index in [4.69, 9.17) is 4.74 Å². The molecule has 1 saturated carbocycles. The van der Waals surface area contributed by atoms with Crippen LogP contribution in [0.15, 0.2) is 36.9 Å². The predicted octanol–water partition coefficient (Wildman–Crippen LogP) is 6.43. The zero-order valence-corrected chi connectivity index (χ0v) is 15.4. The summed E-state index contributed by atoms with van der Waals surface area (Å²) in [4.78, 5) is 0. The minimum absolute atomic E-state index is 0.556. The van der Waals surface area contributed by atoms with Crippen molar-refractivity contribution in [3.8, 4) is 0 Å². The normalized spacial score (nSPS) is 30.4. The van der Waals surface area contributed by atoms with E-state index in [0.29, 0.717) is 12.2 Å². The molecule has 2 aliphatic rings. The highest BCUT2D eigenvalue weighted by Gasteiger charge is 2.33. The molecule has 0 radical (unpaired) electrons. The van der Waals surface area contributed by atoms with Gasteiger partial charge in [-0.05, 0) is 80.8 Å². The van der Waals surface area contributed by atoms with Gasteiger partial charge in [-0.2, -0.15) is 0 Å². The van der Waals surface area contributed by atoms with Crippen molar-refractivity contribution >= 4 is 0 Å². The maximum Gasteiger partial charge on any atom is 0.0608 e. The highest BCUT2D eigenvalue weighted by atomic mass is 16.5. The maximum absolute atomic E-state index is 6.33. The first kappa shape index (κ1) is 17.7. The summed E-state index contributed by atoms with van der Waals surface area (Å²) in [6.45, 7) is 6.08. The molecule has 1 aromatic rings. The molecule has 0 bridgehead atoms. The Morgan fingerprint density at radius 1 is 1.04 bits per heavy atom. The molecule has 1 aliphatic heterocycles. The monoisotopic (exact) mass is 326 g/mol. The number of allylic oxidation sites excluding steroid dienone is 1. The van der Waals surface area contributed by atoms with E-state index in [0.717, 1.165) is 24.7 Å². The summed E-state index contributed by atoms with van der Waals surface area (Å²) in [5.74, 6) is 1.58. The van der Waals surface area contributed by atoms with Gasteiger partial charge in [0, 0.05) is 0 Å². The molecule has 2 fully saturated rings. The average Bonchev–Trinajstić information content (AvgIpc) is 3.10. The van der Waals surface area contributed by atoms with E-state index in [-0.39, 0.29) is 0 Å². The first-order valence-electron chi connectivity index (χ1n) is 10.1. The Morgan fingerprint density at radius 3 is 2.46 bits per heavy atom. The summed E-state index contributed by atoms with van der Waals surface area (Å²) in [7, 11) is 0. The Kier molecular flexibility index (Phi) is 6.54. The Bertz CT molecular complexity index is 495. The van der Waals surface area contributed by atoms with Gasteiger partial charge in [0.25, 0.3) is 0 Å².